The Bertz CT molecular complexity index is 302. The van der Waals surface area contributed by atoms with E-state index in [1.54, 1.807) is 7.05 Å². The van der Waals surface area contributed by atoms with Crippen LogP contribution in [-0.2, 0) is 14.3 Å². The minimum Gasteiger partial charge on any atom is -0.376 e. The number of hydrogen-bond donors (Lipinski definition) is 2. The van der Waals surface area contributed by atoms with Gasteiger partial charge in [-0.1, -0.05) is 33.1 Å². The number of amides is 2. The molecule has 0 radical (unpaired) electrons. The largest absolute Gasteiger partial charge is 0.376 e. The van der Waals surface area contributed by atoms with Gasteiger partial charge >= 0.3 is 0 Å². The fourth-order valence-electron chi connectivity index (χ4n) is 2.51. The zero-order valence-electron chi connectivity index (χ0n) is 14.2. The molecule has 2 unspecified atom stereocenters. The summed E-state index contributed by atoms with van der Waals surface area (Å²) in [4.78, 5) is 22.9. The average Bonchev–Trinajstić information content (AvgIpc) is 2.52. The Hall–Kier alpha value is -1.10. The van der Waals surface area contributed by atoms with E-state index in [9.17, 15) is 9.59 Å². The second-order valence-corrected chi connectivity index (χ2v) is 5.33. The Morgan fingerprint density at radius 2 is 1.76 bits per heavy atom. The van der Waals surface area contributed by atoms with Gasteiger partial charge in [-0.3, -0.25) is 9.59 Å². The van der Waals surface area contributed by atoms with Crippen LogP contribution in [0.15, 0.2) is 0 Å². The molecule has 5 heteroatoms. The lowest BCUT2D eigenvalue weighted by atomic mass is 9.90. The van der Waals surface area contributed by atoms with Crippen molar-refractivity contribution in [3.63, 3.8) is 0 Å². The molecule has 0 aromatic heterocycles. The van der Waals surface area contributed by atoms with E-state index in [1.807, 2.05) is 20.8 Å². The summed E-state index contributed by atoms with van der Waals surface area (Å²) in [6.07, 6.45) is 5.96. The lowest BCUT2D eigenvalue weighted by Crippen LogP contribution is -2.52. The molecule has 0 spiro atoms. The summed E-state index contributed by atoms with van der Waals surface area (Å²) in [5.41, 5.74) is 0. The van der Waals surface area contributed by atoms with Gasteiger partial charge < -0.3 is 15.4 Å². The molecule has 1 saturated carbocycles. The van der Waals surface area contributed by atoms with Crippen LogP contribution in [0.1, 0.15) is 59.8 Å². The summed E-state index contributed by atoms with van der Waals surface area (Å²) < 4.78 is 5.79. The molecular weight excluding hydrogens is 268 g/mol. The van der Waals surface area contributed by atoms with Crippen molar-refractivity contribution in [1.82, 2.24) is 10.6 Å². The minimum atomic E-state index is -0.619. The standard InChI is InChI=1S/C14H26N2O3.C2H6/c1-10(13(14(18)15-3)16-11(2)17)19-9-12-7-5-4-6-8-12;1-2/h10,12-13H,4-9H2,1-3H3,(H,15,18)(H,16,17);1-2H3. The highest BCUT2D eigenvalue weighted by atomic mass is 16.5. The van der Waals surface area contributed by atoms with Crippen LogP contribution in [0.5, 0.6) is 0 Å². The summed E-state index contributed by atoms with van der Waals surface area (Å²) in [5.74, 6) is 0.159. The molecule has 0 aliphatic heterocycles. The Kier molecular flexibility index (Phi) is 10.9. The monoisotopic (exact) mass is 300 g/mol. The minimum absolute atomic E-state index is 0.216. The summed E-state index contributed by atoms with van der Waals surface area (Å²) in [7, 11) is 1.56. The molecule has 2 N–H and O–H groups in total. The quantitative estimate of drug-likeness (QED) is 0.790. The van der Waals surface area contributed by atoms with Gasteiger partial charge in [-0.25, -0.2) is 0 Å². The maximum Gasteiger partial charge on any atom is 0.245 e. The molecule has 2 atom stereocenters. The Labute approximate surface area is 129 Å². The highest BCUT2D eigenvalue weighted by Crippen LogP contribution is 2.24. The topological polar surface area (TPSA) is 67.4 Å². The third-order valence-electron chi connectivity index (χ3n) is 3.68. The molecule has 0 aromatic carbocycles. The molecular formula is C16H32N2O3. The van der Waals surface area contributed by atoms with Crippen LogP contribution in [-0.4, -0.2) is 37.6 Å². The predicted octanol–water partition coefficient (Wildman–Crippen LogP) is 2.25. The Morgan fingerprint density at radius 3 is 2.24 bits per heavy atom. The van der Waals surface area contributed by atoms with Gasteiger partial charge in [0.15, 0.2) is 0 Å². The van der Waals surface area contributed by atoms with Gasteiger partial charge in [0.25, 0.3) is 0 Å². The maximum atomic E-state index is 11.7. The van der Waals surface area contributed by atoms with Gasteiger partial charge in [0.2, 0.25) is 11.8 Å². The lowest BCUT2D eigenvalue weighted by Gasteiger charge is -2.27. The number of nitrogens with one attached hydrogen (secondary N) is 2. The fraction of sp³-hybridized carbons (Fsp3) is 0.875. The van der Waals surface area contributed by atoms with Crippen molar-refractivity contribution in [2.24, 2.45) is 5.92 Å². The molecule has 21 heavy (non-hydrogen) atoms. The highest BCUT2D eigenvalue weighted by Gasteiger charge is 2.26. The second-order valence-electron chi connectivity index (χ2n) is 5.33. The molecule has 0 heterocycles. The molecule has 0 bridgehead atoms. The Morgan fingerprint density at radius 1 is 1.19 bits per heavy atom. The van der Waals surface area contributed by atoms with E-state index in [4.69, 9.17) is 4.74 Å². The first-order chi connectivity index (χ1) is 10.0. The first-order valence-electron chi connectivity index (χ1n) is 8.15. The van der Waals surface area contributed by atoms with Crippen molar-refractivity contribution in [3.05, 3.63) is 0 Å². The van der Waals surface area contributed by atoms with Crippen molar-refractivity contribution in [3.8, 4) is 0 Å². The maximum absolute atomic E-state index is 11.7. The van der Waals surface area contributed by atoms with Crippen LogP contribution in [0.3, 0.4) is 0 Å². The van der Waals surface area contributed by atoms with E-state index in [0.717, 1.165) is 0 Å². The van der Waals surface area contributed by atoms with Crippen LogP contribution >= 0.6 is 0 Å². The smallest absolute Gasteiger partial charge is 0.245 e. The van der Waals surface area contributed by atoms with Gasteiger partial charge in [0.1, 0.15) is 6.04 Å². The van der Waals surface area contributed by atoms with Crippen molar-refractivity contribution in [2.75, 3.05) is 13.7 Å². The van der Waals surface area contributed by atoms with Crippen molar-refractivity contribution < 1.29 is 14.3 Å². The van der Waals surface area contributed by atoms with Crippen molar-refractivity contribution in [2.45, 2.75) is 71.9 Å². The summed E-state index contributed by atoms with van der Waals surface area (Å²) in [5, 5.41) is 5.20. The first-order valence-corrected chi connectivity index (χ1v) is 8.15. The molecule has 1 fully saturated rings. The Balaban J connectivity index is 0.00000191. The van der Waals surface area contributed by atoms with E-state index in [1.165, 1.54) is 39.0 Å². The number of rotatable bonds is 6. The van der Waals surface area contributed by atoms with Crippen LogP contribution in [0, 0.1) is 5.92 Å². The van der Waals surface area contributed by atoms with Gasteiger partial charge in [-0.05, 0) is 25.7 Å². The summed E-state index contributed by atoms with van der Waals surface area (Å²) in [6, 6.07) is -0.619. The molecule has 5 nitrogen and oxygen atoms in total. The number of likely N-dealkylation sites (N-methyl/N-ethyl adjacent to an activating group) is 1. The summed E-state index contributed by atoms with van der Waals surface area (Å²) in [6.45, 7) is 7.91. The van der Waals surface area contributed by atoms with E-state index in [2.05, 4.69) is 10.6 Å². The second kappa shape index (κ2) is 11.5. The van der Waals surface area contributed by atoms with Crippen LogP contribution in [0.4, 0.5) is 0 Å². The number of carbonyl (C=O) groups is 2. The van der Waals surface area contributed by atoms with Crippen LogP contribution in [0.2, 0.25) is 0 Å². The van der Waals surface area contributed by atoms with Crippen molar-refractivity contribution >= 4 is 11.8 Å². The van der Waals surface area contributed by atoms with E-state index >= 15 is 0 Å². The van der Waals surface area contributed by atoms with Gasteiger partial charge in [0, 0.05) is 20.6 Å². The lowest BCUT2D eigenvalue weighted by molar-refractivity contribution is -0.132. The van der Waals surface area contributed by atoms with Crippen LogP contribution in [0.25, 0.3) is 0 Å². The van der Waals surface area contributed by atoms with E-state index in [0.29, 0.717) is 12.5 Å². The number of ether oxygens (including phenoxy) is 1. The van der Waals surface area contributed by atoms with Crippen molar-refractivity contribution in [1.29, 1.82) is 0 Å². The fourth-order valence-corrected chi connectivity index (χ4v) is 2.51. The summed E-state index contributed by atoms with van der Waals surface area (Å²) >= 11 is 0. The number of hydrogen-bond acceptors (Lipinski definition) is 3. The van der Waals surface area contributed by atoms with Gasteiger partial charge in [-0.2, -0.15) is 0 Å². The molecule has 124 valence electrons. The molecule has 1 aliphatic carbocycles. The molecule has 0 aromatic rings. The normalized spacial score (nSPS) is 18.0. The third kappa shape index (κ3) is 8.05. The molecule has 1 rings (SSSR count). The van der Waals surface area contributed by atoms with E-state index < -0.39 is 6.04 Å². The average molecular weight is 300 g/mol. The zero-order valence-corrected chi connectivity index (χ0v) is 14.2. The van der Waals surface area contributed by atoms with Gasteiger partial charge in [0.05, 0.1) is 6.10 Å². The highest BCUT2D eigenvalue weighted by molar-refractivity contribution is 5.87. The van der Waals surface area contributed by atoms with E-state index in [-0.39, 0.29) is 17.9 Å². The molecule has 2 amide bonds. The molecule has 0 saturated heterocycles. The first kappa shape index (κ1) is 19.9. The number of carbonyl (C=O) groups excluding carboxylic acids is 2. The predicted molar refractivity (Wildman–Crippen MR) is 85.0 cm³/mol. The molecule has 1 aliphatic rings. The van der Waals surface area contributed by atoms with Gasteiger partial charge in [-0.15, -0.1) is 0 Å². The third-order valence-corrected chi connectivity index (χ3v) is 3.68. The SMILES string of the molecule is CC.CNC(=O)C(NC(C)=O)C(C)OCC1CCCCC1. The zero-order chi connectivity index (χ0) is 16.3. The van der Waals surface area contributed by atoms with Crippen LogP contribution < -0.4 is 10.6 Å².